The van der Waals surface area contributed by atoms with Gasteiger partial charge in [-0.1, -0.05) is 26.0 Å². The fourth-order valence-electron chi connectivity index (χ4n) is 3.94. The molecule has 6 nitrogen and oxygen atoms in total. The number of nitrogens with one attached hydrogen (secondary N) is 2. The van der Waals surface area contributed by atoms with Gasteiger partial charge >= 0.3 is 0 Å². The number of para-hydroxylation sites is 1. The van der Waals surface area contributed by atoms with Gasteiger partial charge in [-0.15, -0.1) is 0 Å². The Morgan fingerprint density at radius 3 is 2.54 bits per heavy atom. The predicted octanol–water partition coefficient (Wildman–Crippen LogP) is 3.31. The van der Waals surface area contributed by atoms with Crippen LogP contribution in [0.5, 0.6) is 0 Å². The van der Waals surface area contributed by atoms with Crippen molar-refractivity contribution in [2.24, 2.45) is 5.92 Å². The van der Waals surface area contributed by atoms with Crippen LogP contribution in [0.25, 0.3) is 22.4 Å². The minimum Gasteiger partial charge on any atom is -0.368 e. The van der Waals surface area contributed by atoms with Crippen molar-refractivity contribution >= 4 is 16.7 Å². The van der Waals surface area contributed by atoms with E-state index in [-0.39, 0.29) is 0 Å². The highest BCUT2D eigenvalue weighted by molar-refractivity contribution is 5.90. The molecular formula is C22H30N6. The van der Waals surface area contributed by atoms with Gasteiger partial charge in [-0.3, -0.25) is 4.90 Å². The average molecular weight is 379 g/mol. The van der Waals surface area contributed by atoms with E-state index in [0.29, 0.717) is 12.0 Å². The Bertz CT molecular complexity index is 897. The van der Waals surface area contributed by atoms with E-state index in [1.165, 1.54) is 0 Å². The molecule has 3 heterocycles. The molecule has 6 heteroatoms. The minimum absolute atomic E-state index is 0.483. The molecule has 0 spiro atoms. The van der Waals surface area contributed by atoms with E-state index in [4.69, 9.17) is 9.97 Å². The second kappa shape index (κ2) is 8.29. The Morgan fingerprint density at radius 1 is 1.04 bits per heavy atom. The van der Waals surface area contributed by atoms with E-state index in [9.17, 15) is 0 Å². The number of benzene rings is 1. The van der Waals surface area contributed by atoms with Gasteiger partial charge in [0.05, 0.1) is 11.2 Å². The van der Waals surface area contributed by atoms with Crippen LogP contribution in [-0.2, 0) is 0 Å². The number of H-pyrrole nitrogens is 1. The summed E-state index contributed by atoms with van der Waals surface area (Å²) < 4.78 is 0. The van der Waals surface area contributed by atoms with Gasteiger partial charge in [0.2, 0.25) is 0 Å². The summed E-state index contributed by atoms with van der Waals surface area (Å²) in [6.45, 7) is 10.0. The molecule has 1 fully saturated rings. The highest BCUT2D eigenvalue weighted by atomic mass is 15.3. The molecule has 0 amide bonds. The largest absolute Gasteiger partial charge is 0.368 e. The van der Waals surface area contributed by atoms with Gasteiger partial charge < -0.3 is 15.2 Å². The van der Waals surface area contributed by atoms with E-state index in [1.807, 2.05) is 30.5 Å². The van der Waals surface area contributed by atoms with E-state index in [2.05, 4.69) is 53.1 Å². The highest BCUT2D eigenvalue weighted by Crippen LogP contribution is 2.25. The Labute approximate surface area is 167 Å². The summed E-state index contributed by atoms with van der Waals surface area (Å²) in [5, 5.41) is 4.73. The first-order valence-electron chi connectivity index (χ1n) is 10.2. The Kier molecular flexibility index (Phi) is 5.59. The van der Waals surface area contributed by atoms with Crippen LogP contribution in [0.3, 0.4) is 0 Å². The maximum Gasteiger partial charge on any atom is 0.178 e. The molecule has 0 bridgehead atoms. The number of rotatable bonds is 6. The summed E-state index contributed by atoms with van der Waals surface area (Å²) in [7, 11) is 2.20. The fraction of sp³-hybridized carbons (Fsp3) is 0.455. The third-order valence-electron chi connectivity index (χ3n) is 5.70. The SMILES string of the molecule is CC(C)C(CNc1nc(-c2ccc[nH]2)nc2ccccc12)N1CCN(C)CC1. The van der Waals surface area contributed by atoms with E-state index in [1.54, 1.807) is 0 Å². The molecule has 148 valence electrons. The average Bonchev–Trinajstić information content (AvgIpc) is 3.24. The lowest BCUT2D eigenvalue weighted by molar-refractivity contribution is 0.0944. The monoisotopic (exact) mass is 378 g/mol. The van der Waals surface area contributed by atoms with Crippen molar-refractivity contribution in [3.8, 4) is 11.5 Å². The Morgan fingerprint density at radius 2 is 1.82 bits per heavy atom. The number of aromatic nitrogens is 3. The van der Waals surface area contributed by atoms with Gasteiger partial charge in [-0.2, -0.15) is 0 Å². The molecule has 3 aromatic rings. The second-order valence-electron chi connectivity index (χ2n) is 8.03. The van der Waals surface area contributed by atoms with Gasteiger partial charge in [-0.05, 0) is 37.2 Å². The quantitative estimate of drug-likeness (QED) is 0.689. The van der Waals surface area contributed by atoms with E-state index < -0.39 is 0 Å². The molecule has 1 saturated heterocycles. The first-order chi connectivity index (χ1) is 13.6. The molecule has 0 aliphatic carbocycles. The van der Waals surface area contributed by atoms with Crippen molar-refractivity contribution in [2.75, 3.05) is 45.1 Å². The topological polar surface area (TPSA) is 60.1 Å². The molecule has 0 radical (unpaired) electrons. The third kappa shape index (κ3) is 4.03. The number of anilines is 1. The number of aromatic amines is 1. The lowest BCUT2D eigenvalue weighted by atomic mass is 10.0. The zero-order chi connectivity index (χ0) is 19.5. The summed E-state index contributed by atoms with van der Waals surface area (Å²) in [5.74, 6) is 2.22. The van der Waals surface area contributed by atoms with Crippen molar-refractivity contribution in [3.05, 3.63) is 42.6 Å². The van der Waals surface area contributed by atoms with Gasteiger partial charge in [-0.25, -0.2) is 9.97 Å². The van der Waals surface area contributed by atoms with Crippen LogP contribution in [0.1, 0.15) is 13.8 Å². The van der Waals surface area contributed by atoms with Gasteiger partial charge in [0.25, 0.3) is 0 Å². The Balaban J connectivity index is 1.59. The number of likely N-dealkylation sites (N-methyl/N-ethyl adjacent to an activating group) is 1. The smallest absolute Gasteiger partial charge is 0.178 e. The van der Waals surface area contributed by atoms with Gasteiger partial charge in [0, 0.05) is 50.3 Å². The van der Waals surface area contributed by atoms with Crippen molar-refractivity contribution < 1.29 is 0 Å². The lowest BCUT2D eigenvalue weighted by Gasteiger charge is -2.40. The summed E-state index contributed by atoms with van der Waals surface area (Å²) in [4.78, 5) is 17.8. The zero-order valence-corrected chi connectivity index (χ0v) is 17.0. The molecule has 2 aromatic heterocycles. The summed E-state index contributed by atoms with van der Waals surface area (Å²) in [6, 6.07) is 12.7. The van der Waals surface area contributed by atoms with Crippen LogP contribution in [0.15, 0.2) is 42.6 Å². The van der Waals surface area contributed by atoms with Crippen LogP contribution < -0.4 is 5.32 Å². The molecular weight excluding hydrogens is 348 g/mol. The standard InChI is InChI=1S/C22H30N6/c1-16(2)20(28-13-11-27(3)12-14-28)15-24-21-17-7-4-5-8-18(17)25-22(26-21)19-9-6-10-23-19/h4-10,16,20,23H,11-15H2,1-3H3,(H,24,25,26). The molecule has 1 unspecified atom stereocenters. The zero-order valence-electron chi connectivity index (χ0n) is 17.0. The molecule has 2 N–H and O–H groups in total. The number of hydrogen-bond acceptors (Lipinski definition) is 5. The molecule has 0 saturated carbocycles. The van der Waals surface area contributed by atoms with Crippen molar-refractivity contribution in [2.45, 2.75) is 19.9 Å². The second-order valence-corrected chi connectivity index (χ2v) is 8.03. The van der Waals surface area contributed by atoms with Crippen LogP contribution in [0.4, 0.5) is 5.82 Å². The maximum atomic E-state index is 4.85. The molecule has 1 aromatic carbocycles. The summed E-state index contributed by atoms with van der Waals surface area (Å²) in [5.41, 5.74) is 1.90. The van der Waals surface area contributed by atoms with Crippen LogP contribution >= 0.6 is 0 Å². The molecule has 1 aliphatic rings. The van der Waals surface area contributed by atoms with Gasteiger partial charge in [0.15, 0.2) is 5.82 Å². The molecule has 4 rings (SSSR count). The lowest BCUT2D eigenvalue weighted by Crippen LogP contribution is -2.52. The first kappa shape index (κ1) is 18.9. The fourth-order valence-corrected chi connectivity index (χ4v) is 3.94. The Hall–Kier alpha value is -2.44. The van der Waals surface area contributed by atoms with Crippen LogP contribution in [-0.4, -0.2) is 70.6 Å². The number of piperazine rings is 1. The third-order valence-corrected chi connectivity index (χ3v) is 5.70. The van der Waals surface area contributed by atoms with Crippen molar-refractivity contribution in [3.63, 3.8) is 0 Å². The van der Waals surface area contributed by atoms with E-state index >= 15 is 0 Å². The molecule has 1 atom stereocenters. The summed E-state index contributed by atoms with van der Waals surface area (Å²) in [6.07, 6.45) is 1.91. The van der Waals surface area contributed by atoms with Crippen molar-refractivity contribution in [1.29, 1.82) is 0 Å². The number of fused-ring (bicyclic) bond motifs is 1. The van der Waals surface area contributed by atoms with Gasteiger partial charge in [0.1, 0.15) is 5.82 Å². The van der Waals surface area contributed by atoms with Crippen LogP contribution in [0, 0.1) is 5.92 Å². The predicted molar refractivity (Wildman–Crippen MR) is 116 cm³/mol. The number of hydrogen-bond donors (Lipinski definition) is 2. The van der Waals surface area contributed by atoms with Crippen molar-refractivity contribution in [1.82, 2.24) is 24.8 Å². The first-order valence-corrected chi connectivity index (χ1v) is 10.2. The summed E-state index contributed by atoms with van der Waals surface area (Å²) >= 11 is 0. The van der Waals surface area contributed by atoms with E-state index in [0.717, 1.165) is 61.0 Å². The number of nitrogens with zero attached hydrogens (tertiary/aromatic N) is 4. The normalized spacial score (nSPS) is 17.3. The van der Waals surface area contributed by atoms with Crippen LogP contribution in [0.2, 0.25) is 0 Å². The highest BCUT2D eigenvalue weighted by Gasteiger charge is 2.25. The molecule has 1 aliphatic heterocycles. The molecule has 28 heavy (non-hydrogen) atoms. The minimum atomic E-state index is 0.483. The maximum absolute atomic E-state index is 4.85.